The van der Waals surface area contributed by atoms with E-state index in [1.165, 1.54) is 22.3 Å². The highest BCUT2D eigenvalue weighted by Crippen LogP contribution is 2.35. The molecule has 4 aromatic rings. The van der Waals surface area contributed by atoms with Gasteiger partial charge in [-0.15, -0.1) is 0 Å². The molecule has 0 unspecified atom stereocenters. The fourth-order valence-corrected chi connectivity index (χ4v) is 4.20. The van der Waals surface area contributed by atoms with Gasteiger partial charge >= 0.3 is 5.97 Å². The Morgan fingerprint density at radius 3 is 2.34 bits per heavy atom. The van der Waals surface area contributed by atoms with Gasteiger partial charge in [0.2, 0.25) is 0 Å². The highest BCUT2D eigenvalue weighted by molar-refractivity contribution is 6.00. The summed E-state index contributed by atoms with van der Waals surface area (Å²) < 4.78 is 0. The number of carbonyl (C=O) groups is 1. The van der Waals surface area contributed by atoms with Gasteiger partial charge < -0.3 is 5.11 Å². The Balaban J connectivity index is 1.91. The number of carboxylic acid groups (broad SMARTS) is 1. The number of H-pyrrole nitrogens is 1. The van der Waals surface area contributed by atoms with Gasteiger partial charge in [-0.2, -0.15) is 5.10 Å². The van der Waals surface area contributed by atoms with E-state index in [1.807, 2.05) is 19.1 Å². The van der Waals surface area contributed by atoms with Gasteiger partial charge in [0.1, 0.15) is 0 Å². The summed E-state index contributed by atoms with van der Waals surface area (Å²) in [6.07, 6.45) is 2.76. The minimum absolute atomic E-state index is 0.848. The van der Waals surface area contributed by atoms with Crippen molar-refractivity contribution in [3.05, 3.63) is 106 Å². The number of aromatic amines is 1. The smallest absolute Gasteiger partial charge is 0.328 e. The Bertz CT molecular complexity index is 1370. The van der Waals surface area contributed by atoms with Crippen LogP contribution in [-0.4, -0.2) is 21.3 Å². The van der Waals surface area contributed by atoms with Gasteiger partial charge in [-0.3, -0.25) is 5.10 Å². The van der Waals surface area contributed by atoms with E-state index < -0.39 is 5.97 Å². The molecule has 0 amide bonds. The van der Waals surface area contributed by atoms with Crippen molar-refractivity contribution in [1.29, 1.82) is 0 Å². The maximum absolute atomic E-state index is 10.8. The van der Waals surface area contributed by atoms with E-state index >= 15 is 0 Å². The van der Waals surface area contributed by atoms with Gasteiger partial charge in [0.15, 0.2) is 0 Å². The number of aliphatic carboxylic acids is 1. The van der Waals surface area contributed by atoms with Crippen molar-refractivity contribution < 1.29 is 9.90 Å². The van der Waals surface area contributed by atoms with E-state index in [9.17, 15) is 4.79 Å². The molecule has 3 aromatic carbocycles. The molecular formula is C28H26N2O2. The normalized spacial score (nSPS) is 12.4. The zero-order valence-corrected chi connectivity index (χ0v) is 18.7. The first-order valence-electron chi connectivity index (χ1n) is 10.6. The highest BCUT2D eigenvalue weighted by atomic mass is 16.4. The fourth-order valence-electron chi connectivity index (χ4n) is 4.20. The minimum Gasteiger partial charge on any atom is -0.478 e. The molecule has 0 fully saturated rings. The quantitative estimate of drug-likeness (QED) is 0.282. The number of aryl methyl sites for hydroxylation is 3. The lowest BCUT2D eigenvalue weighted by molar-refractivity contribution is -0.131. The molecule has 0 aliphatic carbocycles. The molecule has 2 N–H and O–H groups in total. The van der Waals surface area contributed by atoms with E-state index in [0.29, 0.717) is 0 Å². The Kier molecular flexibility index (Phi) is 5.78. The molecule has 4 heteroatoms. The third-order valence-corrected chi connectivity index (χ3v) is 5.82. The van der Waals surface area contributed by atoms with Crippen LogP contribution < -0.4 is 0 Å². The van der Waals surface area contributed by atoms with Crippen LogP contribution in [0.3, 0.4) is 0 Å². The van der Waals surface area contributed by atoms with Gasteiger partial charge in [0.05, 0.1) is 11.2 Å². The lowest BCUT2D eigenvalue weighted by atomic mass is 9.87. The second kappa shape index (κ2) is 8.67. The van der Waals surface area contributed by atoms with Crippen LogP contribution in [0, 0.1) is 20.8 Å². The SMILES string of the molecule is C/C(=C(/c1ccc(/C=C/C(=O)O)cc1)c1ccc2[nH]nc(C)c2c1)c1ccc(C)cc1C. The maximum atomic E-state index is 10.8. The van der Waals surface area contributed by atoms with Crippen LogP contribution in [0.25, 0.3) is 28.1 Å². The zero-order chi connectivity index (χ0) is 22.8. The van der Waals surface area contributed by atoms with Crippen molar-refractivity contribution >= 4 is 34.1 Å². The second-order valence-electron chi connectivity index (χ2n) is 8.18. The standard InChI is InChI=1S/C28H26N2O2/c1-17-5-12-24(18(2)15-17)19(3)28(22-9-6-21(7-10-22)8-14-27(31)32)23-11-13-26-25(16-23)20(4)29-30-26/h5-16H,1-4H3,(H,29,30)(H,31,32)/b14-8+,28-19+. The summed E-state index contributed by atoms with van der Waals surface area (Å²) in [5.41, 5.74) is 11.1. The number of carboxylic acids is 1. The molecule has 0 spiro atoms. The van der Waals surface area contributed by atoms with Crippen molar-refractivity contribution in [3.63, 3.8) is 0 Å². The lowest BCUT2D eigenvalue weighted by Gasteiger charge is -2.17. The molecule has 0 aliphatic rings. The molecule has 4 rings (SSSR count). The lowest BCUT2D eigenvalue weighted by Crippen LogP contribution is -1.96. The summed E-state index contributed by atoms with van der Waals surface area (Å²) in [5, 5.41) is 17.4. The minimum atomic E-state index is -0.955. The molecule has 0 radical (unpaired) electrons. The van der Waals surface area contributed by atoms with E-state index in [4.69, 9.17) is 5.11 Å². The Labute approximate surface area is 187 Å². The van der Waals surface area contributed by atoms with Crippen LogP contribution in [0.1, 0.15) is 46.0 Å². The first kappa shape index (κ1) is 21.3. The Morgan fingerprint density at radius 2 is 1.66 bits per heavy atom. The van der Waals surface area contributed by atoms with Crippen LogP contribution in [0.5, 0.6) is 0 Å². The Morgan fingerprint density at radius 1 is 0.938 bits per heavy atom. The van der Waals surface area contributed by atoms with Gasteiger partial charge in [-0.05, 0) is 84.9 Å². The monoisotopic (exact) mass is 422 g/mol. The van der Waals surface area contributed by atoms with Crippen LogP contribution in [0.15, 0.2) is 66.7 Å². The van der Waals surface area contributed by atoms with Gasteiger partial charge in [0, 0.05) is 11.5 Å². The van der Waals surface area contributed by atoms with Crippen molar-refractivity contribution in [2.75, 3.05) is 0 Å². The number of rotatable bonds is 5. The molecule has 32 heavy (non-hydrogen) atoms. The number of hydrogen-bond donors (Lipinski definition) is 2. The van der Waals surface area contributed by atoms with Crippen LogP contribution in [0.2, 0.25) is 0 Å². The molecular weight excluding hydrogens is 396 g/mol. The van der Waals surface area contributed by atoms with Crippen LogP contribution >= 0.6 is 0 Å². The van der Waals surface area contributed by atoms with Crippen molar-refractivity contribution in [2.45, 2.75) is 27.7 Å². The number of aromatic nitrogens is 2. The van der Waals surface area contributed by atoms with E-state index in [2.05, 4.69) is 79.5 Å². The zero-order valence-electron chi connectivity index (χ0n) is 18.7. The number of hydrogen-bond acceptors (Lipinski definition) is 2. The molecule has 0 saturated heterocycles. The maximum Gasteiger partial charge on any atom is 0.328 e. The summed E-state index contributed by atoms with van der Waals surface area (Å²) in [4.78, 5) is 10.8. The summed E-state index contributed by atoms with van der Waals surface area (Å²) in [6.45, 7) is 8.42. The number of nitrogens with zero attached hydrogens (tertiary/aromatic N) is 1. The molecule has 0 saturated carbocycles. The molecule has 4 nitrogen and oxygen atoms in total. The predicted molar refractivity (Wildman–Crippen MR) is 131 cm³/mol. The molecule has 1 heterocycles. The van der Waals surface area contributed by atoms with Gasteiger partial charge in [-0.1, -0.05) is 54.1 Å². The Hall–Kier alpha value is -3.92. The molecule has 0 bridgehead atoms. The number of nitrogens with one attached hydrogen (secondary N) is 1. The van der Waals surface area contributed by atoms with Crippen molar-refractivity contribution in [3.8, 4) is 0 Å². The molecule has 1 aromatic heterocycles. The number of fused-ring (bicyclic) bond motifs is 1. The summed E-state index contributed by atoms with van der Waals surface area (Å²) in [7, 11) is 0. The van der Waals surface area contributed by atoms with Crippen molar-refractivity contribution in [1.82, 2.24) is 10.2 Å². The van der Waals surface area contributed by atoms with Gasteiger partial charge in [-0.25, -0.2) is 4.79 Å². The topological polar surface area (TPSA) is 66.0 Å². The number of allylic oxidation sites excluding steroid dienone is 1. The average molecular weight is 423 g/mol. The average Bonchev–Trinajstić information content (AvgIpc) is 3.13. The third kappa shape index (κ3) is 4.26. The number of benzene rings is 3. The summed E-state index contributed by atoms with van der Waals surface area (Å²) >= 11 is 0. The van der Waals surface area contributed by atoms with E-state index in [-0.39, 0.29) is 0 Å². The largest absolute Gasteiger partial charge is 0.478 e. The van der Waals surface area contributed by atoms with E-state index in [0.717, 1.165) is 44.9 Å². The molecule has 160 valence electrons. The summed E-state index contributed by atoms with van der Waals surface area (Å²) in [6, 6.07) is 20.9. The molecule has 0 atom stereocenters. The first-order valence-corrected chi connectivity index (χ1v) is 10.6. The van der Waals surface area contributed by atoms with E-state index in [1.54, 1.807) is 6.08 Å². The highest BCUT2D eigenvalue weighted by Gasteiger charge is 2.14. The fraction of sp³-hybridized carbons (Fsp3) is 0.143. The van der Waals surface area contributed by atoms with Crippen molar-refractivity contribution in [2.24, 2.45) is 0 Å². The first-order chi connectivity index (χ1) is 15.3. The third-order valence-electron chi connectivity index (χ3n) is 5.82. The van der Waals surface area contributed by atoms with Crippen LogP contribution in [0.4, 0.5) is 0 Å². The molecule has 0 aliphatic heterocycles. The summed E-state index contributed by atoms with van der Waals surface area (Å²) in [5.74, 6) is -0.955. The van der Waals surface area contributed by atoms with Gasteiger partial charge in [0.25, 0.3) is 0 Å². The van der Waals surface area contributed by atoms with Crippen LogP contribution in [-0.2, 0) is 4.79 Å². The second-order valence-corrected chi connectivity index (χ2v) is 8.18. The predicted octanol–water partition coefficient (Wildman–Crippen LogP) is 6.56.